The average molecular weight is 332 g/mol. The van der Waals surface area contributed by atoms with Crippen molar-refractivity contribution in [2.45, 2.75) is 33.2 Å². The summed E-state index contributed by atoms with van der Waals surface area (Å²) < 4.78 is 10.4. The number of amides is 3. The number of carbonyl (C=O) groups excluding carboxylic acids is 2. The van der Waals surface area contributed by atoms with Crippen molar-refractivity contribution in [3.05, 3.63) is 40.2 Å². The summed E-state index contributed by atoms with van der Waals surface area (Å²) in [7, 11) is 0. The maximum Gasteiger partial charge on any atom is 0.336 e. The van der Waals surface area contributed by atoms with E-state index in [9.17, 15) is 14.4 Å². The van der Waals surface area contributed by atoms with Gasteiger partial charge in [0.25, 0.3) is 5.91 Å². The van der Waals surface area contributed by atoms with E-state index >= 15 is 0 Å². The van der Waals surface area contributed by atoms with Crippen molar-refractivity contribution in [1.29, 1.82) is 0 Å². The number of rotatable bonds is 3. The van der Waals surface area contributed by atoms with Crippen molar-refractivity contribution in [1.82, 2.24) is 10.6 Å². The summed E-state index contributed by atoms with van der Waals surface area (Å²) in [4.78, 5) is 34.7. The van der Waals surface area contributed by atoms with Crippen LogP contribution in [-0.4, -0.2) is 24.1 Å². The molecule has 2 N–H and O–H groups in total. The molecule has 0 spiro atoms. The van der Waals surface area contributed by atoms with Crippen molar-refractivity contribution in [3.63, 3.8) is 0 Å². The fraction of sp³-hybridized carbons (Fsp3) is 0.353. The standard InChI is InChI=1S/C17H20N2O5/c1-10-7-15(21)24-13-8-11(5-6-12(10)13)23-9-14(20)18-16(22)19-17(2,3)4/h5-8H,9H2,1-4H3,(H2,18,19,20,22). The lowest BCUT2D eigenvalue weighted by molar-refractivity contribution is -0.122. The first-order valence-electron chi connectivity index (χ1n) is 7.43. The molecule has 2 rings (SSSR count). The first-order valence-corrected chi connectivity index (χ1v) is 7.43. The molecule has 0 saturated carbocycles. The van der Waals surface area contributed by atoms with Gasteiger partial charge in [-0.05, 0) is 45.4 Å². The number of carbonyl (C=O) groups is 2. The smallest absolute Gasteiger partial charge is 0.336 e. The molecule has 0 bridgehead atoms. The molecule has 0 aliphatic heterocycles. The SMILES string of the molecule is Cc1cc(=O)oc2cc(OCC(=O)NC(=O)NC(C)(C)C)ccc12. The predicted octanol–water partition coefficient (Wildman–Crippen LogP) is 2.10. The quantitative estimate of drug-likeness (QED) is 0.839. The Labute approximate surface area is 139 Å². The Kier molecular flexibility index (Phi) is 4.92. The lowest BCUT2D eigenvalue weighted by atomic mass is 10.1. The van der Waals surface area contributed by atoms with E-state index in [0.717, 1.165) is 10.9 Å². The van der Waals surface area contributed by atoms with Crippen LogP contribution in [0.15, 0.2) is 33.5 Å². The lowest BCUT2D eigenvalue weighted by Crippen LogP contribution is -2.49. The maximum absolute atomic E-state index is 11.7. The van der Waals surface area contributed by atoms with Gasteiger partial charge in [0.1, 0.15) is 11.3 Å². The molecule has 0 atom stereocenters. The van der Waals surface area contributed by atoms with Crippen molar-refractivity contribution in [2.75, 3.05) is 6.61 Å². The summed E-state index contributed by atoms with van der Waals surface area (Å²) >= 11 is 0. The second kappa shape index (κ2) is 6.74. The summed E-state index contributed by atoms with van der Waals surface area (Å²) in [6, 6.07) is 5.76. The molecule has 7 heteroatoms. The van der Waals surface area contributed by atoms with E-state index in [1.54, 1.807) is 39.8 Å². The second-order valence-corrected chi connectivity index (χ2v) is 6.45. The minimum absolute atomic E-state index is 0.334. The number of urea groups is 1. The van der Waals surface area contributed by atoms with Crippen molar-refractivity contribution < 1.29 is 18.7 Å². The number of ether oxygens (including phenoxy) is 1. The molecule has 2 aromatic rings. The molecule has 1 heterocycles. The Hall–Kier alpha value is -2.83. The van der Waals surface area contributed by atoms with Crippen LogP contribution in [0.4, 0.5) is 4.79 Å². The summed E-state index contributed by atoms with van der Waals surface area (Å²) in [5.74, 6) is -0.217. The average Bonchev–Trinajstić information content (AvgIpc) is 2.42. The van der Waals surface area contributed by atoms with Crippen molar-refractivity contribution in [3.8, 4) is 5.75 Å². The van der Waals surface area contributed by atoms with Crippen molar-refractivity contribution in [2.24, 2.45) is 0 Å². The van der Waals surface area contributed by atoms with E-state index in [0.29, 0.717) is 11.3 Å². The van der Waals surface area contributed by atoms with Crippen LogP contribution in [0.2, 0.25) is 0 Å². The third-order valence-corrected chi connectivity index (χ3v) is 3.03. The van der Waals surface area contributed by atoms with Crippen LogP contribution in [0, 0.1) is 6.92 Å². The zero-order valence-corrected chi connectivity index (χ0v) is 14.1. The Morgan fingerprint density at radius 3 is 2.58 bits per heavy atom. The number of nitrogens with one attached hydrogen (secondary N) is 2. The molecule has 1 aromatic heterocycles. The monoisotopic (exact) mass is 332 g/mol. The molecule has 0 saturated heterocycles. The summed E-state index contributed by atoms with van der Waals surface area (Å²) in [5, 5.41) is 5.57. The van der Waals surface area contributed by atoms with Gasteiger partial charge >= 0.3 is 11.7 Å². The molecule has 0 fully saturated rings. The van der Waals surface area contributed by atoms with Crippen LogP contribution in [0.5, 0.6) is 5.75 Å². The Morgan fingerprint density at radius 2 is 1.92 bits per heavy atom. The van der Waals surface area contributed by atoms with Crippen molar-refractivity contribution >= 4 is 22.9 Å². The highest BCUT2D eigenvalue weighted by molar-refractivity contribution is 5.95. The van der Waals surface area contributed by atoms with Gasteiger partial charge in [0, 0.05) is 23.1 Å². The third kappa shape index (κ3) is 4.84. The normalized spacial score (nSPS) is 11.2. The van der Waals surface area contributed by atoms with E-state index in [1.807, 2.05) is 0 Å². The molecule has 7 nitrogen and oxygen atoms in total. The van der Waals surface area contributed by atoms with Gasteiger partial charge in [0.2, 0.25) is 0 Å². The van der Waals surface area contributed by atoms with Gasteiger partial charge in [-0.25, -0.2) is 9.59 Å². The molecule has 0 radical (unpaired) electrons. The van der Waals surface area contributed by atoms with E-state index < -0.39 is 23.1 Å². The number of aryl methyl sites for hydroxylation is 1. The first-order chi connectivity index (χ1) is 11.1. The summed E-state index contributed by atoms with van der Waals surface area (Å²) in [5.41, 5.74) is 0.278. The lowest BCUT2D eigenvalue weighted by Gasteiger charge is -2.20. The topological polar surface area (TPSA) is 97.6 Å². The highest BCUT2D eigenvalue weighted by Crippen LogP contribution is 2.22. The highest BCUT2D eigenvalue weighted by Gasteiger charge is 2.16. The van der Waals surface area contributed by atoms with E-state index in [1.165, 1.54) is 12.1 Å². The molecular formula is C17H20N2O5. The van der Waals surface area contributed by atoms with Gasteiger partial charge in [0.15, 0.2) is 6.61 Å². The van der Waals surface area contributed by atoms with Crippen LogP contribution in [0.3, 0.4) is 0 Å². The molecule has 0 aliphatic carbocycles. The molecular weight excluding hydrogens is 312 g/mol. The summed E-state index contributed by atoms with van der Waals surface area (Å²) in [6.07, 6.45) is 0. The van der Waals surface area contributed by atoms with Gasteiger partial charge < -0.3 is 14.5 Å². The van der Waals surface area contributed by atoms with Gasteiger partial charge in [-0.1, -0.05) is 0 Å². The summed E-state index contributed by atoms with van der Waals surface area (Å²) in [6.45, 7) is 6.88. The van der Waals surface area contributed by atoms with Gasteiger partial charge in [-0.15, -0.1) is 0 Å². The van der Waals surface area contributed by atoms with Crippen LogP contribution in [-0.2, 0) is 4.79 Å². The number of benzene rings is 1. The molecule has 0 unspecified atom stereocenters. The fourth-order valence-electron chi connectivity index (χ4n) is 2.08. The van der Waals surface area contributed by atoms with Crippen LogP contribution in [0.1, 0.15) is 26.3 Å². The minimum Gasteiger partial charge on any atom is -0.484 e. The Balaban J connectivity index is 1.99. The Morgan fingerprint density at radius 1 is 1.21 bits per heavy atom. The fourth-order valence-corrected chi connectivity index (χ4v) is 2.08. The number of hydrogen-bond acceptors (Lipinski definition) is 5. The minimum atomic E-state index is -0.587. The molecule has 128 valence electrons. The molecule has 0 aliphatic rings. The van der Waals surface area contributed by atoms with E-state index in [2.05, 4.69) is 10.6 Å². The molecule has 3 amide bonds. The second-order valence-electron chi connectivity index (χ2n) is 6.45. The van der Waals surface area contributed by atoms with Gasteiger partial charge in [0.05, 0.1) is 0 Å². The maximum atomic E-state index is 11.7. The zero-order chi connectivity index (χ0) is 17.9. The Bertz CT molecular complexity index is 833. The van der Waals surface area contributed by atoms with Crippen LogP contribution >= 0.6 is 0 Å². The van der Waals surface area contributed by atoms with Gasteiger partial charge in [-0.2, -0.15) is 0 Å². The zero-order valence-electron chi connectivity index (χ0n) is 14.1. The molecule has 1 aromatic carbocycles. The van der Waals surface area contributed by atoms with Crippen LogP contribution < -0.4 is 21.0 Å². The first kappa shape index (κ1) is 17.5. The number of imide groups is 1. The van der Waals surface area contributed by atoms with Crippen LogP contribution in [0.25, 0.3) is 11.0 Å². The van der Waals surface area contributed by atoms with E-state index in [-0.39, 0.29) is 6.61 Å². The highest BCUT2D eigenvalue weighted by atomic mass is 16.5. The van der Waals surface area contributed by atoms with E-state index in [4.69, 9.17) is 9.15 Å². The molecule has 24 heavy (non-hydrogen) atoms. The van der Waals surface area contributed by atoms with Gasteiger partial charge in [-0.3, -0.25) is 10.1 Å². The largest absolute Gasteiger partial charge is 0.484 e. The third-order valence-electron chi connectivity index (χ3n) is 3.03. The number of hydrogen-bond donors (Lipinski definition) is 2. The predicted molar refractivity (Wildman–Crippen MR) is 89.1 cm³/mol. The number of fused-ring (bicyclic) bond motifs is 1.